The highest BCUT2D eigenvalue weighted by molar-refractivity contribution is 7.99. The molecule has 1 aromatic carbocycles. The van der Waals surface area contributed by atoms with Gasteiger partial charge >= 0.3 is 12.0 Å². The summed E-state index contributed by atoms with van der Waals surface area (Å²) in [7, 11) is 1.58. The van der Waals surface area contributed by atoms with Gasteiger partial charge in [-0.25, -0.2) is 4.79 Å². The summed E-state index contributed by atoms with van der Waals surface area (Å²) in [5.41, 5.74) is 1.03. The van der Waals surface area contributed by atoms with E-state index in [1.165, 1.54) is 9.80 Å². The zero-order chi connectivity index (χ0) is 15.0. The third-order valence-electron chi connectivity index (χ3n) is 2.66. The Labute approximate surface area is 123 Å². The predicted molar refractivity (Wildman–Crippen MR) is 80.0 cm³/mol. The van der Waals surface area contributed by atoms with E-state index in [9.17, 15) is 9.59 Å². The Morgan fingerprint density at radius 3 is 2.80 bits per heavy atom. The molecule has 0 aliphatic rings. The maximum Gasteiger partial charge on any atom is 0.317 e. The van der Waals surface area contributed by atoms with Crippen molar-refractivity contribution in [2.75, 3.05) is 19.3 Å². The predicted octanol–water partition coefficient (Wildman–Crippen LogP) is 2.41. The quantitative estimate of drug-likeness (QED) is 0.758. The van der Waals surface area contributed by atoms with Crippen molar-refractivity contribution in [3.8, 4) is 0 Å². The molecule has 0 aliphatic heterocycles. The molecule has 0 radical (unpaired) electrons. The van der Waals surface area contributed by atoms with Gasteiger partial charge in [-0.1, -0.05) is 19.1 Å². The molecule has 0 saturated heterocycles. The molecular weight excluding hydrogens is 276 g/mol. The normalized spacial score (nSPS) is 10.1. The number of aliphatic carboxylic acids is 1. The highest BCUT2D eigenvalue weighted by Crippen LogP contribution is 2.18. The van der Waals surface area contributed by atoms with Crippen molar-refractivity contribution in [2.45, 2.75) is 24.8 Å². The van der Waals surface area contributed by atoms with Gasteiger partial charge in [-0.2, -0.15) is 0 Å². The lowest BCUT2D eigenvalue weighted by molar-refractivity contribution is -0.137. The summed E-state index contributed by atoms with van der Waals surface area (Å²) in [5, 5.41) is 11.3. The van der Waals surface area contributed by atoms with Crippen LogP contribution in [0, 0.1) is 0 Å². The van der Waals surface area contributed by atoms with Crippen LogP contribution in [0.2, 0.25) is 0 Å². The number of benzene rings is 1. The SMILES string of the molecule is CCSc1cccc(CNC(=O)N(C)CCC(=O)O)c1. The van der Waals surface area contributed by atoms with Crippen LogP contribution in [0.4, 0.5) is 4.79 Å². The number of carbonyl (C=O) groups is 2. The maximum absolute atomic E-state index is 11.8. The Hall–Kier alpha value is -1.69. The molecule has 6 heteroatoms. The molecule has 2 N–H and O–H groups in total. The summed E-state index contributed by atoms with van der Waals surface area (Å²) in [6.07, 6.45) is -0.0491. The van der Waals surface area contributed by atoms with Crippen molar-refractivity contribution in [3.05, 3.63) is 29.8 Å². The van der Waals surface area contributed by atoms with Gasteiger partial charge in [0.1, 0.15) is 0 Å². The summed E-state index contributed by atoms with van der Waals surface area (Å²) in [5.74, 6) is 0.0993. The number of nitrogens with zero attached hydrogens (tertiary/aromatic N) is 1. The van der Waals surface area contributed by atoms with Crippen LogP contribution in [0.15, 0.2) is 29.2 Å². The molecule has 0 spiro atoms. The molecule has 2 amide bonds. The highest BCUT2D eigenvalue weighted by atomic mass is 32.2. The average Bonchev–Trinajstić information content (AvgIpc) is 2.43. The van der Waals surface area contributed by atoms with Crippen LogP contribution < -0.4 is 5.32 Å². The molecule has 0 unspecified atom stereocenters. The number of urea groups is 1. The minimum Gasteiger partial charge on any atom is -0.481 e. The zero-order valence-corrected chi connectivity index (χ0v) is 12.6. The molecule has 0 fully saturated rings. The second-order valence-electron chi connectivity index (χ2n) is 4.30. The first-order valence-corrected chi connectivity index (χ1v) is 7.44. The Balaban J connectivity index is 2.43. The van der Waals surface area contributed by atoms with Gasteiger partial charge in [0.15, 0.2) is 0 Å². The van der Waals surface area contributed by atoms with Crippen LogP contribution >= 0.6 is 11.8 Å². The lowest BCUT2D eigenvalue weighted by Crippen LogP contribution is -2.37. The maximum atomic E-state index is 11.8. The standard InChI is InChI=1S/C14H20N2O3S/c1-3-20-12-6-4-5-11(9-12)10-15-14(19)16(2)8-7-13(17)18/h4-6,9H,3,7-8,10H2,1-2H3,(H,15,19)(H,17,18). The summed E-state index contributed by atoms with van der Waals surface area (Å²) in [6, 6.07) is 7.74. The number of carboxylic acid groups (broad SMARTS) is 1. The van der Waals surface area contributed by atoms with Crippen molar-refractivity contribution in [1.82, 2.24) is 10.2 Å². The van der Waals surface area contributed by atoms with Gasteiger partial charge < -0.3 is 15.3 Å². The van der Waals surface area contributed by atoms with E-state index in [4.69, 9.17) is 5.11 Å². The number of hydrogen-bond acceptors (Lipinski definition) is 3. The van der Waals surface area contributed by atoms with Gasteiger partial charge in [0.2, 0.25) is 0 Å². The summed E-state index contributed by atoms with van der Waals surface area (Å²) < 4.78 is 0. The Morgan fingerprint density at radius 1 is 1.40 bits per heavy atom. The molecule has 0 heterocycles. The molecular formula is C14H20N2O3S. The Morgan fingerprint density at radius 2 is 2.15 bits per heavy atom. The van der Waals surface area contributed by atoms with Crippen LogP contribution in [0.1, 0.15) is 18.9 Å². The number of carbonyl (C=O) groups excluding carboxylic acids is 1. The molecule has 5 nitrogen and oxygen atoms in total. The van der Waals surface area contributed by atoms with Crippen molar-refractivity contribution in [3.63, 3.8) is 0 Å². The number of rotatable bonds is 7. The summed E-state index contributed by atoms with van der Waals surface area (Å²) in [4.78, 5) is 24.8. The van der Waals surface area contributed by atoms with E-state index >= 15 is 0 Å². The summed E-state index contributed by atoms with van der Waals surface area (Å²) in [6.45, 7) is 2.73. The topological polar surface area (TPSA) is 69.6 Å². The molecule has 110 valence electrons. The molecule has 1 aromatic rings. The zero-order valence-electron chi connectivity index (χ0n) is 11.8. The van der Waals surface area contributed by atoms with E-state index in [-0.39, 0.29) is 19.0 Å². The molecule has 0 bridgehead atoms. The minimum absolute atomic E-state index is 0.0491. The fraction of sp³-hybridized carbons (Fsp3) is 0.429. The number of thioether (sulfide) groups is 1. The smallest absolute Gasteiger partial charge is 0.317 e. The van der Waals surface area contributed by atoms with E-state index in [1.807, 2.05) is 24.3 Å². The van der Waals surface area contributed by atoms with E-state index < -0.39 is 5.97 Å². The molecule has 1 rings (SSSR count). The molecule has 0 aliphatic carbocycles. The first kappa shape index (κ1) is 16.4. The van der Waals surface area contributed by atoms with Gasteiger partial charge in [-0.05, 0) is 23.4 Å². The first-order chi connectivity index (χ1) is 9.52. The summed E-state index contributed by atoms with van der Waals surface area (Å²) >= 11 is 1.75. The third kappa shape index (κ3) is 5.97. The fourth-order valence-corrected chi connectivity index (χ4v) is 2.33. The molecule has 0 saturated carbocycles. The van der Waals surface area contributed by atoms with Gasteiger partial charge in [0, 0.05) is 25.0 Å². The minimum atomic E-state index is -0.908. The largest absolute Gasteiger partial charge is 0.481 e. The number of nitrogens with one attached hydrogen (secondary N) is 1. The number of hydrogen-bond donors (Lipinski definition) is 2. The average molecular weight is 296 g/mol. The second-order valence-corrected chi connectivity index (χ2v) is 5.64. The molecule has 0 atom stereocenters. The van der Waals surface area contributed by atoms with Crippen LogP contribution in [0.25, 0.3) is 0 Å². The Bertz CT molecular complexity index is 465. The van der Waals surface area contributed by atoms with E-state index in [2.05, 4.69) is 12.2 Å². The fourth-order valence-electron chi connectivity index (χ4n) is 1.59. The number of amides is 2. The second kappa shape index (κ2) is 8.47. The van der Waals surface area contributed by atoms with Crippen molar-refractivity contribution < 1.29 is 14.7 Å². The molecule has 20 heavy (non-hydrogen) atoms. The highest BCUT2D eigenvalue weighted by Gasteiger charge is 2.09. The monoisotopic (exact) mass is 296 g/mol. The van der Waals surface area contributed by atoms with Crippen molar-refractivity contribution in [1.29, 1.82) is 0 Å². The lowest BCUT2D eigenvalue weighted by Gasteiger charge is -2.17. The first-order valence-electron chi connectivity index (χ1n) is 6.45. The van der Waals surface area contributed by atoms with E-state index in [1.54, 1.807) is 18.8 Å². The third-order valence-corrected chi connectivity index (χ3v) is 3.54. The van der Waals surface area contributed by atoms with Crippen molar-refractivity contribution in [2.24, 2.45) is 0 Å². The van der Waals surface area contributed by atoms with Crippen molar-refractivity contribution >= 4 is 23.8 Å². The Kier molecular flexibility index (Phi) is 6.93. The van der Waals surface area contributed by atoms with Crippen LogP contribution in [0.3, 0.4) is 0 Å². The van der Waals surface area contributed by atoms with Gasteiger partial charge in [0.05, 0.1) is 6.42 Å². The molecule has 0 aromatic heterocycles. The lowest BCUT2D eigenvalue weighted by atomic mass is 10.2. The van der Waals surface area contributed by atoms with Crippen LogP contribution in [-0.2, 0) is 11.3 Å². The van der Waals surface area contributed by atoms with Gasteiger partial charge in [-0.3, -0.25) is 4.79 Å². The van der Waals surface area contributed by atoms with Gasteiger partial charge in [0.25, 0.3) is 0 Å². The number of carboxylic acids is 1. The van der Waals surface area contributed by atoms with E-state index in [0.717, 1.165) is 11.3 Å². The van der Waals surface area contributed by atoms with E-state index in [0.29, 0.717) is 6.54 Å². The van der Waals surface area contributed by atoms with Crippen LogP contribution in [0.5, 0.6) is 0 Å². The van der Waals surface area contributed by atoms with Crippen LogP contribution in [-0.4, -0.2) is 41.4 Å². The van der Waals surface area contributed by atoms with Gasteiger partial charge in [-0.15, -0.1) is 11.8 Å².